The second-order valence-electron chi connectivity index (χ2n) is 4.92. The van der Waals surface area contributed by atoms with Gasteiger partial charge < -0.3 is 11.1 Å². The highest BCUT2D eigenvalue weighted by Gasteiger charge is 2.36. The molecule has 0 saturated heterocycles. The maximum atomic E-state index is 12.2. The summed E-state index contributed by atoms with van der Waals surface area (Å²) in [5.74, 6) is -1.37. The van der Waals surface area contributed by atoms with Gasteiger partial charge in [0.1, 0.15) is 6.54 Å². The summed E-state index contributed by atoms with van der Waals surface area (Å²) in [7, 11) is 0. The number of carbonyl (C=O) groups excluding carboxylic acids is 3. The van der Waals surface area contributed by atoms with Crippen molar-refractivity contribution >= 4 is 29.1 Å². The van der Waals surface area contributed by atoms with E-state index in [9.17, 15) is 14.4 Å². The summed E-state index contributed by atoms with van der Waals surface area (Å²) in [6.07, 6.45) is 0. The summed E-state index contributed by atoms with van der Waals surface area (Å²) in [5.41, 5.74) is 7.30. The molecule has 1 heterocycles. The van der Waals surface area contributed by atoms with Crippen LogP contribution < -0.4 is 11.1 Å². The molecule has 0 unspecified atom stereocenters. The van der Waals surface area contributed by atoms with Crippen LogP contribution in [-0.4, -0.2) is 29.2 Å². The average molecular weight is 295 g/mol. The fourth-order valence-corrected chi connectivity index (χ4v) is 2.34. The summed E-state index contributed by atoms with van der Waals surface area (Å²) < 4.78 is 0. The maximum absolute atomic E-state index is 12.2. The van der Waals surface area contributed by atoms with Gasteiger partial charge in [-0.3, -0.25) is 19.3 Å². The van der Waals surface area contributed by atoms with Gasteiger partial charge in [-0.2, -0.15) is 0 Å². The molecule has 0 radical (unpaired) electrons. The average Bonchev–Trinajstić information content (AvgIpc) is 2.73. The summed E-state index contributed by atoms with van der Waals surface area (Å²) in [6.45, 7) is -0.332. The summed E-state index contributed by atoms with van der Waals surface area (Å²) >= 11 is 0. The molecule has 110 valence electrons. The van der Waals surface area contributed by atoms with Crippen LogP contribution in [-0.2, 0) is 4.79 Å². The van der Waals surface area contributed by atoms with Crippen LogP contribution in [0.25, 0.3) is 0 Å². The number of hydrogen-bond donors (Lipinski definition) is 2. The minimum absolute atomic E-state index is 0.323. The number of carbonyl (C=O) groups is 3. The predicted molar refractivity (Wildman–Crippen MR) is 81.3 cm³/mol. The third kappa shape index (κ3) is 2.42. The largest absolute Gasteiger partial charge is 0.399 e. The van der Waals surface area contributed by atoms with Gasteiger partial charge in [0.05, 0.1) is 11.1 Å². The van der Waals surface area contributed by atoms with Crippen LogP contribution in [0, 0.1) is 0 Å². The molecule has 2 aromatic rings. The number of benzene rings is 2. The van der Waals surface area contributed by atoms with Gasteiger partial charge in [-0.1, -0.05) is 18.2 Å². The van der Waals surface area contributed by atoms with E-state index in [1.807, 2.05) is 0 Å². The van der Waals surface area contributed by atoms with E-state index < -0.39 is 17.7 Å². The second kappa shape index (κ2) is 5.33. The lowest BCUT2D eigenvalue weighted by Gasteiger charge is -2.13. The molecule has 2 aromatic carbocycles. The van der Waals surface area contributed by atoms with Crippen molar-refractivity contribution in [2.75, 3.05) is 17.6 Å². The van der Waals surface area contributed by atoms with Gasteiger partial charge in [0.2, 0.25) is 5.91 Å². The molecule has 0 saturated carbocycles. The monoisotopic (exact) mass is 295 g/mol. The number of nitrogens with one attached hydrogen (secondary N) is 1. The van der Waals surface area contributed by atoms with Gasteiger partial charge in [-0.25, -0.2) is 0 Å². The molecule has 1 aliphatic heterocycles. The number of nitrogens with two attached hydrogens (primary N) is 1. The first-order valence-electron chi connectivity index (χ1n) is 6.67. The molecule has 3 N–H and O–H groups in total. The topological polar surface area (TPSA) is 92.5 Å². The zero-order valence-electron chi connectivity index (χ0n) is 11.6. The predicted octanol–water partition coefficient (Wildman–Crippen LogP) is 1.50. The molecular formula is C16H13N3O3. The quantitative estimate of drug-likeness (QED) is 0.663. The molecular weight excluding hydrogens is 282 g/mol. The van der Waals surface area contributed by atoms with Crippen molar-refractivity contribution in [3.8, 4) is 0 Å². The normalized spacial score (nSPS) is 13.2. The van der Waals surface area contributed by atoms with Gasteiger partial charge in [0, 0.05) is 11.4 Å². The highest BCUT2D eigenvalue weighted by molar-refractivity contribution is 6.22. The Morgan fingerprint density at radius 1 is 1.00 bits per heavy atom. The van der Waals surface area contributed by atoms with Crippen molar-refractivity contribution in [1.29, 1.82) is 0 Å². The Hall–Kier alpha value is -3.15. The number of nitrogen functional groups attached to an aromatic ring is 1. The molecule has 3 amide bonds. The van der Waals surface area contributed by atoms with Gasteiger partial charge in [0.15, 0.2) is 0 Å². The fourth-order valence-electron chi connectivity index (χ4n) is 2.34. The zero-order valence-corrected chi connectivity index (χ0v) is 11.6. The van der Waals surface area contributed by atoms with Crippen LogP contribution in [0.4, 0.5) is 11.4 Å². The number of hydrogen-bond acceptors (Lipinski definition) is 4. The van der Waals surface area contributed by atoms with Crippen molar-refractivity contribution in [2.45, 2.75) is 0 Å². The Kier molecular flexibility index (Phi) is 3.34. The Labute approximate surface area is 126 Å². The molecule has 0 spiro atoms. The molecule has 0 fully saturated rings. The first-order valence-corrected chi connectivity index (χ1v) is 6.67. The molecule has 0 bridgehead atoms. The van der Waals surface area contributed by atoms with E-state index >= 15 is 0 Å². The van der Waals surface area contributed by atoms with E-state index in [0.717, 1.165) is 4.90 Å². The third-order valence-electron chi connectivity index (χ3n) is 3.35. The Morgan fingerprint density at radius 2 is 1.64 bits per heavy atom. The van der Waals surface area contributed by atoms with E-state index in [4.69, 9.17) is 5.73 Å². The van der Waals surface area contributed by atoms with E-state index in [0.29, 0.717) is 22.5 Å². The number of fused-ring (bicyclic) bond motifs is 1. The van der Waals surface area contributed by atoms with E-state index in [1.165, 1.54) is 0 Å². The van der Waals surface area contributed by atoms with Gasteiger partial charge >= 0.3 is 0 Å². The Morgan fingerprint density at radius 3 is 2.23 bits per heavy atom. The molecule has 6 heteroatoms. The van der Waals surface area contributed by atoms with Gasteiger partial charge in [0.25, 0.3) is 11.8 Å². The number of rotatable bonds is 3. The number of imide groups is 1. The molecule has 22 heavy (non-hydrogen) atoms. The van der Waals surface area contributed by atoms with Crippen LogP contribution in [0.3, 0.4) is 0 Å². The van der Waals surface area contributed by atoms with Crippen molar-refractivity contribution in [1.82, 2.24) is 4.90 Å². The molecule has 0 atom stereocenters. The third-order valence-corrected chi connectivity index (χ3v) is 3.35. The maximum Gasteiger partial charge on any atom is 0.262 e. The van der Waals surface area contributed by atoms with Crippen LogP contribution in [0.2, 0.25) is 0 Å². The smallest absolute Gasteiger partial charge is 0.262 e. The lowest BCUT2D eigenvalue weighted by molar-refractivity contribution is -0.116. The summed E-state index contributed by atoms with van der Waals surface area (Å²) in [6, 6.07) is 13.2. The highest BCUT2D eigenvalue weighted by atomic mass is 16.2. The SMILES string of the molecule is Nc1cccc(NC(=O)CN2C(=O)c3ccccc3C2=O)c1. The highest BCUT2D eigenvalue weighted by Crippen LogP contribution is 2.22. The van der Waals surface area contributed by atoms with Crippen LogP contribution in [0.15, 0.2) is 48.5 Å². The summed E-state index contributed by atoms with van der Waals surface area (Å²) in [5, 5.41) is 2.61. The van der Waals surface area contributed by atoms with Gasteiger partial charge in [-0.15, -0.1) is 0 Å². The Balaban J connectivity index is 1.73. The molecule has 6 nitrogen and oxygen atoms in total. The zero-order chi connectivity index (χ0) is 15.7. The van der Waals surface area contributed by atoms with E-state index in [-0.39, 0.29) is 6.54 Å². The van der Waals surface area contributed by atoms with Crippen molar-refractivity contribution in [3.63, 3.8) is 0 Å². The number of nitrogens with zero attached hydrogens (tertiary/aromatic N) is 1. The number of anilines is 2. The lowest BCUT2D eigenvalue weighted by Crippen LogP contribution is -2.37. The second-order valence-corrected chi connectivity index (χ2v) is 4.92. The number of amides is 3. The lowest BCUT2D eigenvalue weighted by atomic mass is 10.1. The first kappa shape index (κ1) is 13.8. The fraction of sp³-hybridized carbons (Fsp3) is 0.0625. The molecule has 0 aliphatic carbocycles. The first-order chi connectivity index (χ1) is 10.6. The van der Waals surface area contributed by atoms with Gasteiger partial charge in [-0.05, 0) is 30.3 Å². The Bertz CT molecular complexity index is 751. The molecule has 0 aromatic heterocycles. The molecule has 1 aliphatic rings. The van der Waals surface area contributed by atoms with Crippen LogP contribution in [0.1, 0.15) is 20.7 Å². The van der Waals surface area contributed by atoms with Crippen LogP contribution >= 0.6 is 0 Å². The van der Waals surface area contributed by atoms with E-state index in [1.54, 1.807) is 48.5 Å². The van der Waals surface area contributed by atoms with Crippen molar-refractivity contribution < 1.29 is 14.4 Å². The minimum atomic E-state index is -0.458. The minimum Gasteiger partial charge on any atom is -0.399 e. The van der Waals surface area contributed by atoms with Crippen molar-refractivity contribution in [2.24, 2.45) is 0 Å². The van der Waals surface area contributed by atoms with Crippen molar-refractivity contribution in [3.05, 3.63) is 59.7 Å². The summed E-state index contributed by atoms with van der Waals surface area (Å²) in [4.78, 5) is 37.3. The standard InChI is InChI=1S/C16H13N3O3/c17-10-4-3-5-11(8-10)18-14(20)9-19-15(21)12-6-1-2-7-13(12)16(19)22/h1-8H,9,17H2,(H,18,20). The van der Waals surface area contributed by atoms with Crippen LogP contribution in [0.5, 0.6) is 0 Å². The molecule has 3 rings (SSSR count). The van der Waals surface area contributed by atoms with E-state index in [2.05, 4.69) is 5.32 Å².